The molecule has 22 heavy (non-hydrogen) atoms. The molecule has 1 heterocycles. The van der Waals surface area contributed by atoms with Crippen LogP contribution in [0.15, 0.2) is 59.5 Å². The topological polar surface area (TPSA) is 60.4 Å². The van der Waals surface area contributed by atoms with E-state index in [4.69, 9.17) is 4.74 Å². The summed E-state index contributed by atoms with van der Waals surface area (Å²) in [4.78, 5) is 12.3. The molecule has 2 aromatic rings. The summed E-state index contributed by atoms with van der Waals surface area (Å²) < 4.78 is 28.2. The Morgan fingerprint density at radius 3 is 2.14 bits per heavy atom. The molecule has 0 saturated carbocycles. The number of esters is 1. The van der Waals surface area contributed by atoms with Crippen LogP contribution in [0.25, 0.3) is 11.1 Å². The van der Waals surface area contributed by atoms with Gasteiger partial charge in [-0.3, -0.25) is 0 Å². The van der Waals surface area contributed by atoms with E-state index in [1.54, 1.807) is 24.3 Å². The molecule has 0 spiro atoms. The van der Waals surface area contributed by atoms with Gasteiger partial charge in [0.25, 0.3) is 0 Å². The lowest BCUT2D eigenvalue weighted by molar-refractivity contribution is -0.133. The van der Waals surface area contributed by atoms with E-state index in [1.165, 1.54) is 6.26 Å². The summed E-state index contributed by atoms with van der Waals surface area (Å²) in [5.74, 6) is -0.353. The molecule has 1 aliphatic heterocycles. The van der Waals surface area contributed by atoms with Gasteiger partial charge in [-0.25, -0.2) is 13.2 Å². The third-order valence-corrected chi connectivity index (χ3v) is 4.68. The van der Waals surface area contributed by atoms with Crippen LogP contribution < -0.4 is 0 Å². The van der Waals surface area contributed by atoms with Crippen molar-refractivity contribution >= 4 is 27.0 Å². The standard InChI is InChI=1S/C17H14O4S/c1-22(19,20)14-9-7-12(8-10-14)15-11-21-17(18)16(15)13-5-3-2-4-6-13/h2-10H,11H2,1H3/i2+1,3+1,4+1,5+1,6+1,13+1,16+1. The Kier molecular flexibility index (Phi) is 3.58. The average Bonchev–Trinajstić information content (AvgIpc) is 2.89. The van der Waals surface area contributed by atoms with E-state index in [9.17, 15) is 13.2 Å². The van der Waals surface area contributed by atoms with Crippen molar-refractivity contribution in [2.75, 3.05) is 12.9 Å². The SMILES string of the molecule is CS(=O)(=O)c1ccc(C2=[13C]([13c]3[13cH][13cH][13cH][13cH][13cH]3)C(=O)OC2)cc1. The number of rotatable bonds is 3. The van der Waals surface area contributed by atoms with Gasteiger partial charge >= 0.3 is 5.97 Å². The van der Waals surface area contributed by atoms with Crippen molar-refractivity contribution in [3.05, 3.63) is 65.7 Å². The number of cyclic esters (lactones) is 1. The number of carbonyl (C=O) groups excluding carboxylic acids is 1. The molecule has 0 saturated heterocycles. The van der Waals surface area contributed by atoms with Crippen molar-refractivity contribution in [2.24, 2.45) is 0 Å². The predicted octanol–water partition coefficient (Wildman–Crippen LogP) is 2.56. The van der Waals surface area contributed by atoms with Crippen molar-refractivity contribution in [1.82, 2.24) is 0 Å². The van der Waals surface area contributed by atoms with Gasteiger partial charge in [0.15, 0.2) is 9.84 Å². The Morgan fingerprint density at radius 1 is 0.909 bits per heavy atom. The molecule has 0 amide bonds. The number of benzene rings is 2. The molecule has 0 aliphatic carbocycles. The van der Waals surface area contributed by atoms with Crippen LogP contribution in [-0.4, -0.2) is 27.2 Å². The Bertz CT molecular complexity index is 847. The summed E-state index contributed by atoms with van der Waals surface area (Å²) in [6, 6.07) is 15.8. The summed E-state index contributed by atoms with van der Waals surface area (Å²) >= 11 is 0. The van der Waals surface area contributed by atoms with Crippen LogP contribution >= 0.6 is 0 Å². The summed E-state index contributed by atoms with van der Waals surface area (Å²) in [6.07, 6.45) is 1.17. The fourth-order valence-corrected chi connectivity index (χ4v) is 3.06. The monoisotopic (exact) mass is 321 g/mol. The molecule has 0 aromatic heterocycles. The summed E-state index contributed by atoms with van der Waals surface area (Å²) in [7, 11) is -3.23. The van der Waals surface area contributed by atoms with E-state index in [0.29, 0.717) is 5.57 Å². The molecule has 1 aliphatic rings. The van der Waals surface area contributed by atoms with Gasteiger partial charge in [-0.15, -0.1) is 0 Å². The molecule has 112 valence electrons. The van der Waals surface area contributed by atoms with Crippen LogP contribution in [0.2, 0.25) is 0 Å². The summed E-state index contributed by atoms with van der Waals surface area (Å²) in [5, 5.41) is 0. The number of hydrogen-bond acceptors (Lipinski definition) is 4. The maximum absolute atomic E-state index is 12.0. The van der Waals surface area contributed by atoms with Crippen molar-refractivity contribution in [2.45, 2.75) is 4.90 Å². The normalized spacial score (nSPS) is 15.0. The highest BCUT2D eigenvalue weighted by molar-refractivity contribution is 7.90. The first-order valence-corrected chi connectivity index (χ1v) is 8.62. The van der Waals surface area contributed by atoms with Gasteiger partial charge in [0.1, 0.15) is 6.61 Å². The van der Waals surface area contributed by atoms with Gasteiger partial charge in [0, 0.05) is 11.8 Å². The van der Waals surface area contributed by atoms with Crippen LogP contribution in [0.5, 0.6) is 0 Å². The van der Waals surface area contributed by atoms with Crippen molar-refractivity contribution in [3.63, 3.8) is 0 Å². The fraction of sp³-hybridized carbons (Fsp3) is 0.118. The van der Waals surface area contributed by atoms with Crippen LogP contribution in [-0.2, 0) is 19.4 Å². The van der Waals surface area contributed by atoms with Gasteiger partial charge in [0.2, 0.25) is 0 Å². The number of hydrogen-bond donors (Lipinski definition) is 0. The van der Waals surface area contributed by atoms with E-state index in [1.807, 2.05) is 30.3 Å². The Morgan fingerprint density at radius 2 is 1.55 bits per heavy atom. The Balaban J connectivity index is 2.09. The highest BCUT2D eigenvalue weighted by atomic mass is 32.2. The molecular formula is C17H14O4S. The quantitative estimate of drug-likeness (QED) is 0.644. The van der Waals surface area contributed by atoms with E-state index in [-0.39, 0.29) is 17.5 Å². The second-order valence-corrected chi connectivity index (χ2v) is 7.11. The number of carbonyl (C=O) groups is 1. The molecule has 0 radical (unpaired) electrons. The zero-order valence-corrected chi connectivity index (χ0v) is 12.8. The molecule has 0 unspecified atom stereocenters. The first-order chi connectivity index (χ1) is 10.5. The molecule has 2 aromatic carbocycles. The fourth-order valence-electron chi connectivity index (χ4n) is 2.43. The van der Waals surface area contributed by atoms with E-state index < -0.39 is 9.84 Å². The van der Waals surface area contributed by atoms with Gasteiger partial charge in [0.05, 0.1) is 10.5 Å². The minimum Gasteiger partial charge on any atom is -0.457 e. The lowest BCUT2D eigenvalue weighted by Crippen LogP contribution is -1.98. The van der Waals surface area contributed by atoms with Gasteiger partial charge in [-0.1, -0.05) is 42.5 Å². The summed E-state index contributed by atoms with van der Waals surface area (Å²) in [6.45, 7) is 0.196. The van der Waals surface area contributed by atoms with E-state index in [0.717, 1.165) is 16.7 Å². The minimum absolute atomic E-state index is 0.196. The highest BCUT2D eigenvalue weighted by Gasteiger charge is 2.27. The van der Waals surface area contributed by atoms with Gasteiger partial charge in [-0.2, -0.15) is 0 Å². The Labute approximate surface area is 129 Å². The lowest BCUT2D eigenvalue weighted by Gasteiger charge is -2.05. The molecule has 4 nitrogen and oxygen atoms in total. The van der Waals surface area contributed by atoms with E-state index >= 15 is 0 Å². The third kappa shape index (κ3) is 2.67. The number of ether oxygens (including phenoxy) is 1. The smallest absolute Gasteiger partial charge is 0.339 e. The number of sulfone groups is 1. The van der Waals surface area contributed by atoms with Gasteiger partial charge < -0.3 is 4.74 Å². The first-order valence-electron chi connectivity index (χ1n) is 6.73. The average molecular weight is 321 g/mol. The molecule has 0 bridgehead atoms. The van der Waals surface area contributed by atoms with Crippen LogP contribution in [0.4, 0.5) is 0 Å². The summed E-state index contributed by atoms with van der Waals surface area (Å²) in [5.41, 5.74) is 2.90. The van der Waals surface area contributed by atoms with Crippen molar-refractivity contribution in [1.29, 1.82) is 0 Å². The predicted molar refractivity (Wildman–Crippen MR) is 83.8 cm³/mol. The van der Waals surface area contributed by atoms with Gasteiger partial charge in [-0.05, 0) is 23.3 Å². The van der Waals surface area contributed by atoms with Crippen LogP contribution in [0.1, 0.15) is 11.1 Å². The second kappa shape index (κ2) is 5.42. The molecule has 3 rings (SSSR count). The largest absolute Gasteiger partial charge is 0.457 e. The van der Waals surface area contributed by atoms with Crippen LogP contribution in [0.3, 0.4) is 0 Å². The first kappa shape index (κ1) is 14.5. The van der Waals surface area contributed by atoms with Crippen LogP contribution in [0, 0.1) is 0 Å². The maximum Gasteiger partial charge on any atom is 0.339 e. The molecule has 0 atom stereocenters. The third-order valence-electron chi connectivity index (χ3n) is 3.55. The zero-order valence-electron chi connectivity index (χ0n) is 11.9. The highest BCUT2D eigenvalue weighted by Crippen LogP contribution is 2.33. The molecule has 0 fully saturated rings. The van der Waals surface area contributed by atoms with Crippen molar-refractivity contribution in [3.8, 4) is 0 Å². The lowest BCUT2D eigenvalue weighted by atomic mass is 10.1. The van der Waals surface area contributed by atoms with E-state index in [2.05, 4.69) is 0 Å². The molecule has 0 N–H and O–H groups in total. The Hall–Kier alpha value is -2.40. The molecule has 5 heteroatoms. The minimum atomic E-state index is -3.23. The zero-order chi connectivity index (χ0) is 15.7. The molecular weight excluding hydrogens is 307 g/mol. The maximum atomic E-state index is 12.0. The second-order valence-electron chi connectivity index (χ2n) is 5.09. The van der Waals surface area contributed by atoms with Crippen molar-refractivity contribution < 1.29 is 17.9 Å².